The highest BCUT2D eigenvalue weighted by molar-refractivity contribution is 5.81. The summed E-state index contributed by atoms with van der Waals surface area (Å²) in [7, 11) is 2.01. The zero-order valence-corrected chi connectivity index (χ0v) is 14.6. The van der Waals surface area contributed by atoms with Crippen molar-refractivity contribution >= 4 is 5.91 Å². The molecule has 2 aromatic rings. The predicted octanol–water partition coefficient (Wildman–Crippen LogP) is 2.71. The molecule has 0 spiro atoms. The quantitative estimate of drug-likeness (QED) is 0.848. The Labute approximate surface area is 143 Å². The van der Waals surface area contributed by atoms with Crippen LogP contribution < -0.4 is 0 Å². The molecule has 0 saturated carbocycles. The minimum absolute atomic E-state index is 0.108. The van der Waals surface area contributed by atoms with Crippen LogP contribution in [0.3, 0.4) is 0 Å². The van der Waals surface area contributed by atoms with Crippen molar-refractivity contribution in [1.82, 2.24) is 19.6 Å². The van der Waals surface area contributed by atoms with E-state index in [0.29, 0.717) is 6.54 Å². The van der Waals surface area contributed by atoms with Gasteiger partial charge in [0.05, 0.1) is 17.9 Å². The molecule has 0 aliphatic carbocycles. The summed E-state index contributed by atoms with van der Waals surface area (Å²) in [5.41, 5.74) is 2.16. The third kappa shape index (κ3) is 3.85. The van der Waals surface area contributed by atoms with E-state index in [1.807, 2.05) is 66.3 Å². The number of rotatable bonds is 5. The van der Waals surface area contributed by atoms with E-state index in [1.54, 1.807) is 0 Å². The largest absolute Gasteiger partial charge is 0.341 e. The lowest BCUT2D eigenvalue weighted by Crippen LogP contribution is -2.47. The van der Waals surface area contributed by atoms with Crippen molar-refractivity contribution in [3.63, 3.8) is 0 Å². The average molecular weight is 326 g/mol. The summed E-state index contributed by atoms with van der Waals surface area (Å²) in [6.07, 6.45) is 7.41. The van der Waals surface area contributed by atoms with Crippen LogP contribution >= 0.6 is 0 Å². The number of hydrogen-bond donors (Lipinski definition) is 0. The lowest BCUT2D eigenvalue weighted by Gasteiger charge is -2.32. The zero-order chi connectivity index (χ0) is 16.9. The van der Waals surface area contributed by atoms with Crippen molar-refractivity contribution in [3.05, 3.63) is 48.3 Å². The van der Waals surface area contributed by atoms with Gasteiger partial charge in [0.15, 0.2) is 0 Å². The van der Waals surface area contributed by atoms with E-state index in [1.165, 1.54) is 6.42 Å². The smallest absolute Gasteiger partial charge is 0.239 e. The molecule has 0 bridgehead atoms. The second-order valence-corrected chi connectivity index (χ2v) is 6.61. The van der Waals surface area contributed by atoms with Gasteiger partial charge in [-0.25, -0.2) is 4.68 Å². The molecule has 1 amide bonds. The average Bonchev–Trinajstić information content (AvgIpc) is 3.10. The first kappa shape index (κ1) is 16.7. The van der Waals surface area contributed by atoms with Gasteiger partial charge in [-0.3, -0.25) is 9.69 Å². The molecule has 128 valence electrons. The van der Waals surface area contributed by atoms with Crippen LogP contribution in [0.4, 0.5) is 0 Å². The second kappa shape index (κ2) is 7.62. The van der Waals surface area contributed by atoms with E-state index in [2.05, 4.69) is 10.00 Å². The number of piperidine rings is 1. The highest BCUT2D eigenvalue weighted by atomic mass is 16.2. The van der Waals surface area contributed by atoms with Gasteiger partial charge in [0.25, 0.3) is 0 Å². The fourth-order valence-corrected chi connectivity index (χ4v) is 3.16. The van der Waals surface area contributed by atoms with E-state index in [-0.39, 0.29) is 11.9 Å². The molecule has 1 saturated heterocycles. The van der Waals surface area contributed by atoms with Gasteiger partial charge in [-0.1, -0.05) is 18.2 Å². The molecular formula is C19H26N4O. The number of carbonyl (C=O) groups excluding carboxylic acids is 1. The monoisotopic (exact) mass is 326 g/mol. The molecule has 1 aromatic carbocycles. The first-order chi connectivity index (χ1) is 11.6. The number of para-hydroxylation sites is 1. The Morgan fingerprint density at radius 2 is 1.92 bits per heavy atom. The summed E-state index contributed by atoms with van der Waals surface area (Å²) in [6, 6.07) is 9.95. The predicted molar refractivity (Wildman–Crippen MR) is 94.9 cm³/mol. The Kier molecular flexibility index (Phi) is 5.30. The summed E-state index contributed by atoms with van der Waals surface area (Å²) in [5.74, 6) is 0.243. The third-order valence-corrected chi connectivity index (χ3v) is 4.78. The van der Waals surface area contributed by atoms with Crippen molar-refractivity contribution in [3.8, 4) is 5.69 Å². The van der Waals surface area contributed by atoms with Crippen molar-refractivity contribution in [1.29, 1.82) is 0 Å². The number of likely N-dealkylation sites (N-methyl/N-ethyl adjacent to an activating group) is 1. The maximum atomic E-state index is 12.6. The van der Waals surface area contributed by atoms with Gasteiger partial charge in [-0.2, -0.15) is 5.10 Å². The van der Waals surface area contributed by atoms with Crippen LogP contribution in [0.1, 0.15) is 31.7 Å². The Balaban J connectivity index is 1.61. The van der Waals surface area contributed by atoms with Gasteiger partial charge in [-0.15, -0.1) is 0 Å². The van der Waals surface area contributed by atoms with E-state index < -0.39 is 0 Å². The molecule has 1 unspecified atom stereocenters. The van der Waals surface area contributed by atoms with Crippen molar-refractivity contribution in [2.45, 2.75) is 38.8 Å². The van der Waals surface area contributed by atoms with Gasteiger partial charge in [-0.05, 0) is 45.4 Å². The van der Waals surface area contributed by atoms with Crippen LogP contribution in [0, 0.1) is 0 Å². The van der Waals surface area contributed by atoms with Crippen LogP contribution in [0.2, 0.25) is 0 Å². The highest BCUT2D eigenvalue weighted by Crippen LogP contribution is 2.14. The molecule has 0 N–H and O–H groups in total. The standard InChI is InChI=1S/C19H26N4O/c1-16(19(24)22-11-7-4-8-12-22)21(2)14-17-13-20-23(15-17)18-9-5-3-6-10-18/h3,5-6,9-10,13,15-16H,4,7-8,11-12,14H2,1-2H3. The summed E-state index contributed by atoms with van der Waals surface area (Å²) in [4.78, 5) is 16.7. The highest BCUT2D eigenvalue weighted by Gasteiger charge is 2.25. The topological polar surface area (TPSA) is 41.4 Å². The summed E-state index contributed by atoms with van der Waals surface area (Å²) >= 11 is 0. The summed E-state index contributed by atoms with van der Waals surface area (Å²) in [5, 5.41) is 4.43. The van der Waals surface area contributed by atoms with Gasteiger partial charge in [0.1, 0.15) is 0 Å². The molecule has 2 heterocycles. The number of nitrogens with zero attached hydrogens (tertiary/aromatic N) is 4. The maximum absolute atomic E-state index is 12.6. The second-order valence-electron chi connectivity index (χ2n) is 6.61. The molecule has 3 rings (SSSR count). The number of carbonyl (C=O) groups is 1. The molecule has 1 atom stereocenters. The lowest BCUT2D eigenvalue weighted by molar-refractivity contribution is -0.137. The maximum Gasteiger partial charge on any atom is 0.239 e. The van der Waals surface area contributed by atoms with E-state index >= 15 is 0 Å². The van der Waals surface area contributed by atoms with Crippen LogP contribution in [-0.4, -0.2) is 51.7 Å². The third-order valence-electron chi connectivity index (χ3n) is 4.78. The van der Waals surface area contributed by atoms with Crippen LogP contribution in [0.15, 0.2) is 42.7 Å². The number of benzene rings is 1. The molecule has 1 aliphatic rings. The van der Waals surface area contributed by atoms with Crippen molar-refractivity contribution in [2.75, 3.05) is 20.1 Å². The molecule has 1 aromatic heterocycles. The number of amides is 1. The summed E-state index contributed by atoms with van der Waals surface area (Å²) in [6.45, 7) is 4.53. The lowest BCUT2D eigenvalue weighted by atomic mass is 10.1. The zero-order valence-electron chi connectivity index (χ0n) is 14.6. The Morgan fingerprint density at radius 1 is 1.21 bits per heavy atom. The fraction of sp³-hybridized carbons (Fsp3) is 0.474. The van der Waals surface area contributed by atoms with Crippen molar-refractivity contribution < 1.29 is 4.79 Å². The Hall–Kier alpha value is -2.14. The van der Waals surface area contributed by atoms with E-state index in [9.17, 15) is 4.79 Å². The minimum atomic E-state index is -0.108. The number of aromatic nitrogens is 2. The molecule has 5 nitrogen and oxygen atoms in total. The Morgan fingerprint density at radius 3 is 2.62 bits per heavy atom. The first-order valence-corrected chi connectivity index (χ1v) is 8.73. The normalized spacial score (nSPS) is 16.4. The van der Waals surface area contributed by atoms with Crippen LogP contribution in [-0.2, 0) is 11.3 Å². The number of hydrogen-bond acceptors (Lipinski definition) is 3. The summed E-state index contributed by atoms with van der Waals surface area (Å²) < 4.78 is 1.88. The van der Waals surface area contributed by atoms with E-state index in [0.717, 1.165) is 37.2 Å². The molecule has 1 fully saturated rings. The molecule has 24 heavy (non-hydrogen) atoms. The fourth-order valence-electron chi connectivity index (χ4n) is 3.16. The van der Waals surface area contributed by atoms with E-state index in [4.69, 9.17) is 0 Å². The van der Waals surface area contributed by atoms with Crippen molar-refractivity contribution in [2.24, 2.45) is 0 Å². The SMILES string of the molecule is CC(C(=O)N1CCCCC1)N(C)Cc1cnn(-c2ccccc2)c1. The van der Waals surface area contributed by atoms with Gasteiger partial charge >= 0.3 is 0 Å². The van der Waals surface area contributed by atoms with Gasteiger partial charge in [0.2, 0.25) is 5.91 Å². The number of likely N-dealkylation sites (tertiary alicyclic amines) is 1. The first-order valence-electron chi connectivity index (χ1n) is 8.73. The molecular weight excluding hydrogens is 300 g/mol. The van der Waals surface area contributed by atoms with Crippen LogP contribution in [0.25, 0.3) is 5.69 Å². The van der Waals surface area contributed by atoms with Gasteiger partial charge in [0, 0.05) is 31.4 Å². The van der Waals surface area contributed by atoms with Crippen LogP contribution in [0.5, 0.6) is 0 Å². The molecule has 1 aliphatic heterocycles. The molecule has 0 radical (unpaired) electrons. The Bertz CT molecular complexity index is 661. The molecule has 5 heteroatoms. The van der Waals surface area contributed by atoms with Gasteiger partial charge < -0.3 is 4.90 Å². The minimum Gasteiger partial charge on any atom is -0.341 e.